The van der Waals surface area contributed by atoms with E-state index in [9.17, 15) is 92.7 Å². The van der Waals surface area contributed by atoms with Gasteiger partial charge in [0.2, 0.25) is 0 Å². The van der Waals surface area contributed by atoms with E-state index in [4.69, 9.17) is 0 Å². The Labute approximate surface area is 369 Å². The molecule has 4 rings (SSSR count). The van der Waals surface area contributed by atoms with E-state index in [0.29, 0.717) is 6.42 Å². The number of benzene rings is 4. The van der Waals surface area contributed by atoms with Crippen LogP contribution in [0.15, 0.2) is 30.3 Å². The minimum absolute atomic E-state index is 0.0639. The van der Waals surface area contributed by atoms with E-state index in [-0.39, 0.29) is 64.6 Å². The number of hydrogen-bond acceptors (Lipinski definition) is 20. The second-order valence-corrected chi connectivity index (χ2v) is 20.8. The number of phenolic OH excluding ortho intramolecular Hbond substituents is 8. The Kier molecular flexibility index (Phi) is 15.4. The highest BCUT2D eigenvalue weighted by molar-refractivity contribution is 7.85. The third-order valence-electron chi connectivity index (χ3n) is 10.9. The summed E-state index contributed by atoms with van der Waals surface area (Å²) < 4.78 is 144. The molecular formula is C40H46O20S4-4. The van der Waals surface area contributed by atoms with E-state index in [0.717, 1.165) is 24.3 Å². The van der Waals surface area contributed by atoms with Crippen molar-refractivity contribution in [3.8, 4) is 46.0 Å². The van der Waals surface area contributed by atoms with Gasteiger partial charge in [0.15, 0.2) is 0 Å². The van der Waals surface area contributed by atoms with Crippen molar-refractivity contribution in [2.75, 3.05) is 0 Å². The maximum Gasteiger partial charge on any atom is 0.127 e. The third kappa shape index (κ3) is 11.4. The van der Waals surface area contributed by atoms with Crippen molar-refractivity contribution in [2.45, 2.75) is 101 Å². The Balaban J connectivity index is 2.18. The van der Waals surface area contributed by atoms with Gasteiger partial charge in [-0.1, -0.05) is 40.2 Å². The summed E-state index contributed by atoms with van der Waals surface area (Å²) in [5, 5.41) is 90.6. The fourth-order valence-electron chi connectivity index (χ4n) is 8.13. The average Bonchev–Trinajstić information content (AvgIpc) is 3.16. The van der Waals surface area contributed by atoms with Gasteiger partial charge < -0.3 is 59.1 Å². The van der Waals surface area contributed by atoms with Crippen molar-refractivity contribution in [3.63, 3.8) is 0 Å². The SMILES string of the molecule is CCCc1cc(C(CC)c2cc(C(CC)c3cc(C(CC)c4ccc(O)c(CS(=O)(=O)[O-])c4O)c(O)c(CS(=O)(=O)[O-])c3O)c(O)c(CS(=O)(=O)[O-])c2O)c(O)c(CS(=O)(=O)[O-])c1O. The zero-order valence-electron chi connectivity index (χ0n) is 34.6. The molecule has 3 atom stereocenters. The molecule has 0 aliphatic heterocycles. The topological polar surface area (TPSA) is 391 Å². The Bertz CT molecular complexity index is 2910. The first-order valence-electron chi connectivity index (χ1n) is 19.4. The number of rotatable bonds is 19. The van der Waals surface area contributed by atoms with Gasteiger partial charge in [0.1, 0.15) is 46.0 Å². The van der Waals surface area contributed by atoms with Gasteiger partial charge in [-0.15, -0.1) is 0 Å². The van der Waals surface area contributed by atoms with Gasteiger partial charge in [-0.3, -0.25) is 0 Å². The Morgan fingerprint density at radius 1 is 0.406 bits per heavy atom. The van der Waals surface area contributed by atoms with Crippen LogP contribution in [-0.4, -0.2) is 92.7 Å². The minimum Gasteiger partial charge on any atom is -0.748 e. The summed E-state index contributed by atoms with van der Waals surface area (Å²) in [6, 6.07) is 5.42. The largest absolute Gasteiger partial charge is 0.748 e. The number of aromatic hydroxyl groups is 8. The molecule has 354 valence electrons. The van der Waals surface area contributed by atoms with Crippen LogP contribution in [0, 0.1) is 0 Å². The van der Waals surface area contributed by atoms with Gasteiger partial charge in [0, 0.05) is 56.7 Å². The zero-order valence-corrected chi connectivity index (χ0v) is 37.9. The molecule has 20 nitrogen and oxygen atoms in total. The van der Waals surface area contributed by atoms with Gasteiger partial charge in [-0.25, -0.2) is 33.7 Å². The molecule has 0 saturated heterocycles. The lowest BCUT2D eigenvalue weighted by molar-refractivity contribution is 0.411. The maximum atomic E-state index is 12.3. The van der Waals surface area contributed by atoms with Crippen molar-refractivity contribution in [1.82, 2.24) is 0 Å². The van der Waals surface area contributed by atoms with Gasteiger partial charge in [-0.05, 0) is 55.5 Å². The van der Waals surface area contributed by atoms with E-state index in [1.807, 2.05) is 0 Å². The number of aryl methyl sites for hydroxylation is 1. The van der Waals surface area contributed by atoms with Crippen LogP contribution in [0.1, 0.15) is 132 Å². The van der Waals surface area contributed by atoms with Crippen molar-refractivity contribution in [1.29, 1.82) is 0 Å². The van der Waals surface area contributed by atoms with Crippen LogP contribution in [0.5, 0.6) is 46.0 Å². The second-order valence-electron chi connectivity index (χ2n) is 15.2. The van der Waals surface area contributed by atoms with Crippen LogP contribution in [0.4, 0.5) is 0 Å². The summed E-state index contributed by atoms with van der Waals surface area (Å²) in [6.45, 7) is 6.13. The molecule has 0 saturated carbocycles. The Hall–Kier alpha value is -5.08. The Morgan fingerprint density at radius 2 is 0.688 bits per heavy atom. The third-order valence-corrected chi connectivity index (χ3v) is 13.5. The summed E-state index contributed by atoms with van der Waals surface area (Å²) in [6.07, 6.45) is -0.0588. The summed E-state index contributed by atoms with van der Waals surface area (Å²) in [5.41, 5.74) is -5.00. The van der Waals surface area contributed by atoms with E-state index in [1.165, 1.54) is 26.8 Å². The molecule has 64 heavy (non-hydrogen) atoms. The molecule has 0 spiro atoms. The predicted molar refractivity (Wildman–Crippen MR) is 223 cm³/mol. The van der Waals surface area contributed by atoms with Crippen LogP contribution >= 0.6 is 0 Å². The van der Waals surface area contributed by atoms with Crippen molar-refractivity contribution >= 4 is 40.5 Å². The first-order valence-corrected chi connectivity index (χ1v) is 25.7. The fourth-order valence-corrected chi connectivity index (χ4v) is 10.6. The lowest BCUT2D eigenvalue weighted by Gasteiger charge is -2.29. The van der Waals surface area contributed by atoms with E-state index >= 15 is 0 Å². The molecule has 0 aliphatic carbocycles. The molecule has 24 heteroatoms. The molecule has 3 unspecified atom stereocenters. The summed E-state index contributed by atoms with van der Waals surface area (Å²) >= 11 is 0. The standard InChI is InChI=1S/C40H50O20S4/c1-5-9-19-12-24(36(44)30(34(19)42)16-62(52,53)54)21(7-3)26-14-28(40(48)32(38(26)46)18-64(58,59)60)22(8-4)27-13-25(37(45)31(39(27)47)17-63(55,56)57)20(6-2)23-10-11-33(41)29(35(23)43)15-61(49,50)51/h10-14,20-22,41-48H,5-9,15-18H2,1-4H3,(H,49,50,51)(H,52,53,54)(H,55,56,57)(H,58,59,60)/p-4. The average molecular weight is 975 g/mol. The maximum absolute atomic E-state index is 12.3. The quantitative estimate of drug-likeness (QED) is 0.0613. The van der Waals surface area contributed by atoms with E-state index < -0.39 is 149 Å². The smallest absolute Gasteiger partial charge is 0.127 e. The fraction of sp³-hybridized carbons (Fsp3) is 0.400. The molecule has 0 radical (unpaired) electrons. The van der Waals surface area contributed by atoms with Gasteiger partial charge in [-0.2, -0.15) is 0 Å². The molecular weight excluding hydrogens is 929 g/mol. The molecule has 0 aliphatic rings. The molecule has 8 N–H and O–H groups in total. The molecule has 0 bridgehead atoms. The first-order chi connectivity index (χ1) is 29.4. The van der Waals surface area contributed by atoms with E-state index in [2.05, 4.69) is 0 Å². The molecule has 0 fully saturated rings. The first kappa shape index (κ1) is 51.6. The van der Waals surface area contributed by atoms with Crippen LogP contribution < -0.4 is 0 Å². The molecule has 4 aromatic carbocycles. The summed E-state index contributed by atoms with van der Waals surface area (Å²) in [4.78, 5) is 0. The van der Waals surface area contributed by atoms with Crippen molar-refractivity contribution in [2.24, 2.45) is 0 Å². The normalized spacial score (nSPS) is 14.1. The number of phenols is 8. The summed E-state index contributed by atoms with van der Waals surface area (Å²) in [5.74, 6) is -17.4. The monoisotopic (exact) mass is 974 g/mol. The van der Waals surface area contributed by atoms with Gasteiger partial charge in [0.05, 0.1) is 80.2 Å². The van der Waals surface area contributed by atoms with Crippen LogP contribution in [0.25, 0.3) is 0 Å². The molecule has 0 amide bonds. The minimum atomic E-state index is -5.36. The molecule has 4 aromatic rings. The highest BCUT2D eigenvalue weighted by Gasteiger charge is 2.34. The van der Waals surface area contributed by atoms with Crippen LogP contribution in [-0.2, 0) is 69.9 Å². The predicted octanol–water partition coefficient (Wildman–Crippen LogP) is 4.09. The highest BCUT2D eigenvalue weighted by Crippen LogP contribution is 2.53. The van der Waals surface area contributed by atoms with E-state index in [1.54, 1.807) is 6.92 Å². The zero-order chi connectivity index (χ0) is 48.6. The van der Waals surface area contributed by atoms with Gasteiger partial charge in [0.25, 0.3) is 0 Å². The highest BCUT2D eigenvalue weighted by atomic mass is 32.2. The lowest BCUT2D eigenvalue weighted by atomic mass is 9.78. The Morgan fingerprint density at radius 3 is 1.00 bits per heavy atom. The van der Waals surface area contributed by atoms with Crippen molar-refractivity contribution in [3.05, 3.63) is 91.5 Å². The van der Waals surface area contributed by atoms with Crippen LogP contribution in [0.2, 0.25) is 0 Å². The van der Waals surface area contributed by atoms with Crippen molar-refractivity contribution < 1.29 is 92.7 Å². The molecule has 0 aromatic heterocycles. The molecule has 0 heterocycles. The summed E-state index contributed by atoms with van der Waals surface area (Å²) in [7, 11) is -21.0. The number of hydrogen-bond donors (Lipinski definition) is 8. The second kappa shape index (κ2) is 19.2. The van der Waals surface area contributed by atoms with Crippen LogP contribution in [0.3, 0.4) is 0 Å². The lowest BCUT2D eigenvalue weighted by Crippen LogP contribution is -2.13. The van der Waals surface area contributed by atoms with Gasteiger partial charge >= 0.3 is 0 Å².